The van der Waals surface area contributed by atoms with Crippen LogP contribution < -0.4 is 21.3 Å². The fraction of sp³-hybridized carbons (Fsp3) is 0.516. The second-order valence-corrected chi connectivity index (χ2v) is 23.3. The van der Waals surface area contributed by atoms with Crippen molar-refractivity contribution in [2.24, 2.45) is 5.41 Å². The quantitative estimate of drug-likeness (QED) is 0.0245. The first-order valence-electron chi connectivity index (χ1n) is 30.5. The molecule has 0 aliphatic carbocycles. The molecule has 1 aliphatic heterocycles. The van der Waals surface area contributed by atoms with Crippen LogP contribution in [0.15, 0.2) is 90.8 Å². The van der Waals surface area contributed by atoms with Gasteiger partial charge in [0.15, 0.2) is 11.6 Å². The van der Waals surface area contributed by atoms with Crippen LogP contribution in [0, 0.1) is 24.0 Å². The standard InChI is InChI=1S/C64H85F2N11O12S/c1-45-58(90-44-72-45)47-18-16-46(17-19-47)38-69-62(81)55-37-50(78)41-77(55)63(82)59(64(2,3)4)73-57(79)42-89-35-34-88-33-32-87-31-30-86-29-28-85-27-26-84-24-8-6-5-7-23-83-25-11-22-76-56(74-75-60(76)54-20-21-67-43-71-54)40-68-49-13-9-12-48(36-49)61(80)70-39-51-52(65)14-10-15-53(51)66/h9-10,12-21,36,43-44,50,55,59,68,78H,5-8,11,22-35,37-42H2,1-4H3,(H,69,81)(H,70,80)(H,73,79)/t50-,55?,59-/m1/s1. The fourth-order valence-corrected chi connectivity index (χ4v) is 10.5. The van der Waals surface area contributed by atoms with Crippen molar-refractivity contribution >= 4 is 40.7 Å². The number of aryl methyl sites for hydroxylation is 1. The smallest absolute Gasteiger partial charge is 0.251 e. The van der Waals surface area contributed by atoms with Gasteiger partial charge < -0.3 is 69.0 Å². The molecule has 1 unspecified atom stereocenters. The number of benzene rings is 3. The minimum atomic E-state index is -0.972. The molecule has 1 fully saturated rings. The molecule has 7 rings (SSSR count). The van der Waals surface area contributed by atoms with Crippen molar-refractivity contribution in [1.82, 2.24) is 50.6 Å². The van der Waals surface area contributed by atoms with Gasteiger partial charge in [-0.3, -0.25) is 19.2 Å². The molecular weight excluding hydrogens is 1180 g/mol. The van der Waals surface area contributed by atoms with Crippen LogP contribution in [0.25, 0.3) is 22.0 Å². The van der Waals surface area contributed by atoms with Gasteiger partial charge in [-0.25, -0.2) is 23.7 Å². The van der Waals surface area contributed by atoms with E-state index < -0.39 is 53.0 Å². The van der Waals surface area contributed by atoms with Crippen molar-refractivity contribution in [2.45, 2.75) is 111 Å². The Bertz CT molecular complexity index is 3120. The van der Waals surface area contributed by atoms with E-state index in [0.717, 1.165) is 59.5 Å². The van der Waals surface area contributed by atoms with Gasteiger partial charge in [0.2, 0.25) is 17.7 Å². The van der Waals surface area contributed by atoms with E-state index in [0.29, 0.717) is 121 Å². The van der Waals surface area contributed by atoms with E-state index in [4.69, 9.17) is 33.2 Å². The second kappa shape index (κ2) is 37.8. The zero-order valence-corrected chi connectivity index (χ0v) is 52.6. The van der Waals surface area contributed by atoms with Crippen LogP contribution in [0.4, 0.5) is 14.5 Å². The van der Waals surface area contributed by atoms with Crippen LogP contribution in [0.2, 0.25) is 0 Å². The molecule has 0 saturated carbocycles. The first-order valence-corrected chi connectivity index (χ1v) is 31.4. The van der Waals surface area contributed by atoms with Crippen LogP contribution >= 0.6 is 11.3 Å². The molecule has 4 amide bonds. The number of nitrogens with zero attached hydrogens (tertiary/aromatic N) is 7. The van der Waals surface area contributed by atoms with Crippen molar-refractivity contribution < 1.29 is 66.2 Å². The lowest BCUT2D eigenvalue weighted by Crippen LogP contribution is -2.58. The Hall–Kier alpha value is -7.27. The minimum absolute atomic E-state index is 0.0236. The second-order valence-electron chi connectivity index (χ2n) is 22.4. The fourth-order valence-electron chi connectivity index (χ4n) is 9.67. The van der Waals surface area contributed by atoms with Crippen LogP contribution in [-0.4, -0.2) is 181 Å². The molecular formula is C64H85F2N11O12S. The van der Waals surface area contributed by atoms with Gasteiger partial charge in [0, 0.05) is 75.4 Å². The average Bonchev–Trinajstić information content (AvgIpc) is 2.58. The summed E-state index contributed by atoms with van der Waals surface area (Å²) in [5, 5.41) is 31.0. The number of nitrogens with one attached hydrogen (secondary N) is 4. The van der Waals surface area contributed by atoms with E-state index in [1.807, 2.05) is 68.1 Å². The lowest BCUT2D eigenvalue weighted by Gasteiger charge is -2.35. The van der Waals surface area contributed by atoms with E-state index in [9.17, 15) is 33.1 Å². The maximum absolute atomic E-state index is 14.1. The Kier molecular flexibility index (Phi) is 29.5. The molecule has 26 heteroatoms. The van der Waals surface area contributed by atoms with Gasteiger partial charge in [-0.1, -0.05) is 70.0 Å². The third-order valence-corrected chi connectivity index (χ3v) is 15.5. The molecule has 3 atom stereocenters. The number of aliphatic hydroxyl groups excluding tert-OH is 1. The summed E-state index contributed by atoms with van der Waals surface area (Å²) in [6.45, 7) is 13.5. The topological polar surface area (TPSA) is 274 Å². The molecule has 0 spiro atoms. The molecule has 5 N–H and O–H groups in total. The number of hydrogen-bond acceptors (Lipinski definition) is 19. The van der Waals surface area contributed by atoms with Crippen molar-refractivity contribution in [1.29, 1.82) is 0 Å². The normalized spacial score (nSPS) is 14.4. The molecule has 1 saturated heterocycles. The largest absolute Gasteiger partial charge is 0.391 e. The van der Waals surface area contributed by atoms with Gasteiger partial charge in [-0.05, 0) is 79.1 Å². The highest BCUT2D eigenvalue weighted by atomic mass is 32.1. The number of carbonyl (C=O) groups is 4. The highest BCUT2D eigenvalue weighted by Crippen LogP contribution is 2.29. The van der Waals surface area contributed by atoms with Crippen molar-refractivity contribution in [3.8, 4) is 22.0 Å². The summed E-state index contributed by atoms with van der Waals surface area (Å²) < 4.78 is 69.7. The number of ether oxygens (including phenoxy) is 7. The highest BCUT2D eigenvalue weighted by Gasteiger charge is 2.44. The van der Waals surface area contributed by atoms with Crippen molar-refractivity contribution in [3.63, 3.8) is 0 Å². The number of aromatic nitrogens is 6. The number of unbranched alkanes of at least 4 members (excludes halogenated alkanes) is 3. The molecule has 6 aromatic rings. The number of likely N-dealkylation sites (tertiary alicyclic amines) is 1. The number of hydrogen-bond donors (Lipinski definition) is 5. The molecule has 4 heterocycles. The monoisotopic (exact) mass is 1270 g/mol. The number of amides is 4. The molecule has 1 aliphatic rings. The van der Waals surface area contributed by atoms with Crippen molar-refractivity contribution in [2.75, 3.05) is 104 Å². The number of aliphatic hydroxyl groups is 1. The van der Waals surface area contributed by atoms with Gasteiger partial charge in [0.05, 0.1) is 94.8 Å². The van der Waals surface area contributed by atoms with Gasteiger partial charge in [0.25, 0.3) is 5.91 Å². The first-order chi connectivity index (χ1) is 43.7. The summed E-state index contributed by atoms with van der Waals surface area (Å²) in [6, 6.07) is 18.1. The summed E-state index contributed by atoms with van der Waals surface area (Å²) >= 11 is 1.57. The molecule has 23 nitrogen and oxygen atoms in total. The van der Waals surface area contributed by atoms with Gasteiger partial charge in [0.1, 0.15) is 42.3 Å². The van der Waals surface area contributed by atoms with E-state index in [2.05, 4.69) is 46.4 Å². The van der Waals surface area contributed by atoms with E-state index in [1.165, 1.54) is 17.3 Å². The third-order valence-electron chi connectivity index (χ3n) is 14.5. The van der Waals surface area contributed by atoms with Gasteiger partial charge in [-0.15, -0.1) is 21.5 Å². The Morgan fingerprint density at radius 3 is 1.96 bits per heavy atom. The third kappa shape index (κ3) is 23.2. The molecule has 90 heavy (non-hydrogen) atoms. The number of β-amino-alcohol motifs (C(OH)–C–C–N with tert-alkyl or cyclic N) is 1. The van der Waals surface area contributed by atoms with Crippen LogP contribution in [0.5, 0.6) is 0 Å². The summed E-state index contributed by atoms with van der Waals surface area (Å²) in [7, 11) is 0. The average molecular weight is 1270 g/mol. The number of carbonyl (C=O) groups excluding carboxylic acids is 4. The summed E-state index contributed by atoms with van der Waals surface area (Å²) in [5.74, 6) is -1.99. The zero-order valence-electron chi connectivity index (χ0n) is 51.8. The van der Waals surface area contributed by atoms with Crippen LogP contribution in [0.3, 0.4) is 0 Å². The zero-order chi connectivity index (χ0) is 63.9. The molecule has 3 aromatic carbocycles. The maximum Gasteiger partial charge on any atom is 0.251 e. The molecule has 3 aromatic heterocycles. The summed E-state index contributed by atoms with van der Waals surface area (Å²) in [4.78, 5) is 68.4. The number of thiazole rings is 1. The lowest BCUT2D eigenvalue weighted by molar-refractivity contribution is -0.144. The molecule has 0 radical (unpaired) electrons. The van der Waals surface area contributed by atoms with Crippen LogP contribution in [0.1, 0.15) is 92.3 Å². The predicted molar refractivity (Wildman–Crippen MR) is 333 cm³/mol. The van der Waals surface area contributed by atoms with E-state index in [1.54, 1.807) is 41.8 Å². The Balaban J connectivity index is 0.639. The van der Waals surface area contributed by atoms with Gasteiger partial charge >= 0.3 is 0 Å². The Morgan fingerprint density at radius 2 is 1.33 bits per heavy atom. The minimum Gasteiger partial charge on any atom is -0.391 e. The predicted octanol–water partition coefficient (Wildman–Crippen LogP) is 6.86. The van der Waals surface area contributed by atoms with E-state index in [-0.39, 0.29) is 57.3 Å². The Labute approximate surface area is 528 Å². The van der Waals surface area contributed by atoms with Crippen LogP contribution in [-0.2, 0) is 73.7 Å². The first kappa shape index (κ1) is 70.2. The molecule has 0 bridgehead atoms. The number of halogens is 2. The van der Waals surface area contributed by atoms with Crippen molar-refractivity contribution in [3.05, 3.63) is 131 Å². The molecule has 488 valence electrons. The lowest BCUT2D eigenvalue weighted by atomic mass is 9.85. The maximum atomic E-state index is 14.1. The summed E-state index contributed by atoms with van der Waals surface area (Å²) in [6.07, 6.45) is 6.96. The van der Waals surface area contributed by atoms with Gasteiger partial charge in [-0.2, -0.15) is 0 Å². The number of rotatable bonds is 41. The Morgan fingerprint density at radius 1 is 0.711 bits per heavy atom. The van der Waals surface area contributed by atoms with E-state index >= 15 is 0 Å². The number of anilines is 1. The summed E-state index contributed by atoms with van der Waals surface area (Å²) in [5.41, 5.74) is 5.38. The SMILES string of the molecule is Cc1ncsc1-c1ccc(CNC(=O)C2C[C@@H](O)CN2C(=O)[C@@H](NC(=O)COCCOCCOCCOCCOCCOCCCCCCOCCCn2c(CNc3cccc(C(=O)NCc4c(F)cccc4F)c3)nnc2-c2ccncn2)C(C)(C)C)cc1. The highest BCUT2D eigenvalue weighted by molar-refractivity contribution is 7.13.